The smallest absolute Gasteiger partial charge is 0.221 e. The molecule has 1 atom stereocenters. The summed E-state index contributed by atoms with van der Waals surface area (Å²) in [6.45, 7) is 7.40. The van der Waals surface area contributed by atoms with Gasteiger partial charge in [0.25, 0.3) is 0 Å². The Morgan fingerprint density at radius 1 is 1.06 bits per heavy atom. The molecular formula is C26H31N5O2. The largest absolute Gasteiger partial charge is 0.489 e. The number of piperidine rings is 1. The summed E-state index contributed by atoms with van der Waals surface area (Å²) in [6, 6.07) is 19.6. The highest BCUT2D eigenvalue weighted by Gasteiger charge is 2.23. The lowest BCUT2D eigenvalue weighted by atomic mass is 10.1. The highest BCUT2D eigenvalue weighted by atomic mass is 16.5. The van der Waals surface area contributed by atoms with Gasteiger partial charge >= 0.3 is 0 Å². The van der Waals surface area contributed by atoms with Crippen LogP contribution < -0.4 is 20.3 Å². The first-order valence-corrected chi connectivity index (χ1v) is 11.5. The highest BCUT2D eigenvalue weighted by molar-refractivity contribution is 5.89. The molecule has 1 unspecified atom stereocenters. The Labute approximate surface area is 195 Å². The number of hydrogen-bond donors (Lipinski definition) is 2. The molecule has 7 nitrogen and oxygen atoms in total. The first kappa shape index (κ1) is 22.6. The summed E-state index contributed by atoms with van der Waals surface area (Å²) in [5.41, 5.74) is 1.59. The van der Waals surface area contributed by atoms with E-state index in [-0.39, 0.29) is 17.9 Å². The molecule has 2 N–H and O–H groups in total. The van der Waals surface area contributed by atoms with Gasteiger partial charge in [0.05, 0.1) is 6.54 Å². The molecule has 0 bridgehead atoms. The minimum Gasteiger partial charge on any atom is -0.489 e. The maximum Gasteiger partial charge on any atom is 0.221 e. The number of amides is 1. The summed E-state index contributed by atoms with van der Waals surface area (Å²) in [5, 5.41) is 6.20. The zero-order valence-electron chi connectivity index (χ0n) is 19.4. The molecule has 0 aliphatic carbocycles. The molecule has 33 heavy (non-hydrogen) atoms. The summed E-state index contributed by atoms with van der Waals surface area (Å²) >= 11 is 0. The van der Waals surface area contributed by atoms with E-state index >= 15 is 0 Å². The van der Waals surface area contributed by atoms with Crippen LogP contribution in [-0.2, 0) is 4.79 Å². The van der Waals surface area contributed by atoms with E-state index in [9.17, 15) is 4.79 Å². The molecule has 1 aromatic heterocycles. The van der Waals surface area contributed by atoms with Gasteiger partial charge in [0, 0.05) is 36.8 Å². The fourth-order valence-electron chi connectivity index (χ4n) is 3.90. The van der Waals surface area contributed by atoms with Gasteiger partial charge in [0.15, 0.2) is 0 Å². The normalized spacial score (nSPS) is 15.9. The Balaban J connectivity index is 1.54. The maximum absolute atomic E-state index is 11.4. The van der Waals surface area contributed by atoms with Crippen LogP contribution in [0.25, 0.3) is 0 Å². The number of hydrogen-bond acceptors (Lipinski definition) is 6. The number of nitrogens with one attached hydrogen (secondary N) is 2. The van der Waals surface area contributed by atoms with Crippen LogP contribution in [0.1, 0.15) is 45.4 Å². The zero-order chi connectivity index (χ0) is 23.2. The summed E-state index contributed by atoms with van der Waals surface area (Å²) in [5.74, 6) is 3.41. The second-order valence-electron chi connectivity index (χ2n) is 8.65. The number of nitrogens with zero attached hydrogens (tertiary/aromatic N) is 3. The molecule has 0 radical (unpaired) electrons. The van der Waals surface area contributed by atoms with Gasteiger partial charge in [-0.2, -0.15) is 0 Å². The lowest BCUT2D eigenvalue weighted by molar-refractivity contribution is -0.114. The number of anilines is 4. The van der Waals surface area contributed by atoms with Gasteiger partial charge in [-0.25, -0.2) is 9.97 Å². The van der Waals surface area contributed by atoms with Crippen LogP contribution in [0.3, 0.4) is 0 Å². The van der Waals surface area contributed by atoms with Crippen LogP contribution in [0.4, 0.5) is 23.0 Å². The molecule has 2 heterocycles. The van der Waals surface area contributed by atoms with Crippen molar-refractivity contribution in [1.29, 1.82) is 0 Å². The van der Waals surface area contributed by atoms with Crippen molar-refractivity contribution in [3.05, 3.63) is 66.5 Å². The van der Waals surface area contributed by atoms with Gasteiger partial charge in [-0.1, -0.05) is 38.1 Å². The number of para-hydroxylation sites is 1. The lowest BCUT2D eigenvalue weighted by Gasteiger charge is -2.34. The Bertz CT molecular complexity index is 1090. The van der Waals surface area contributed by atoms with Crippen LogP contribution in [0, 0.1) is 0 Å². The Hall–Kier alpha value is -3.61. The van der Waals surface area contributed by atoms with E-state index in [1.54, 1.807) is 0 Å². The quantitative estimate of drug-likeness (QED) is 0.510. The molecule has 4 rings (SSSR count). The van der Waals surface area contributed by atoms with Gasteiger partial charge in [0.2, 0.25) is 5.91 Å². The average Bonchev–Trinajstić information content (AvgIpc) is 2.79. The van der Waals surface area contributed by atoms with Crippen LogP contribution in [0.5, 0.6) is 5.75 Å². The van der Waals surface area contributed by atoms with E-state index < -0.39 is 0 Å². The molecular weight excluding hydrogens is 414 g/mol. The van der Waals surface area contributed by atoms with Crippen LogP contribution >= 0.6 is 0 Å². The predicted octanol–water partition coefficient (Wildman–Crippen LogP) is 5.35. The van der Waals surface area contributed by atoms with Crippen LogP contribution in [0.2, 0.25) is 0 Å². The Morgan fingerprint density at radius 2 is 1.85 bits per heavy atom. The topological polar surface area (TPSA) is 79.4 Å². The maximum atomic E-state index is 11.4. The third-order valence-electron chi connectivity index (χ3n) is 5.45. The van der Waals surface area contributed by atoms with Crippen LogP contribution in [-0.4, -0.2) is 35.1 Å². The van der Waals surface area contributed by atoms with Gasteiger partial charge in [-0.3, -0.25) is 4.79 Å². The molecule has 1 aliphatic rings. The first-order valence-electron chi connectivity index (χ1n) is 11.5. The molecule has 1 aliphatic heterocycles. The lowest BCUT2D eigenvalue weighted by Crippen LogP contribution is -2.41. The zero-order valence-corrected chi connectivity index (χ0v) is 19.4. The van der Waals surface area contributed by atoms with Crippen molar-refractivity contribution < 1.29 is 9.53 Å². The van der Waals surface area contributed by atoms with Crippen molar-refractivity contribution in [2.45, 2.75) is 45.6 Å². The van der Waals surface area contributed by atoms with E-state index in [0.29, 0.717) is 0 Å². The van der Waals surface area contributed by atoms with Gasteiger partial charge in [0.1, 0.15) is 29.3 Å². The van der Waals surface area contributed by atoms with Gasteiger partial charge in [-0.15, -0.1) is 0 Å². The third kappa shape index (κ3) is 6.22. The molecule has 1 amide bonds. The van der Waals surface area contributed by atoms with Crippen molar-refractivity contribution >= 4 is 28.9 Å². The number of carbonyl (C=O) groups excluding carboxylic acids is 1. The molecule has 1 fully saturated rings. The molecule has 0 spiro atoms. The van der Waals surface area contributed by atoms with Crippen molar-refractivity contribution in [2.75, 3.05) is 28.6 Å². The van der Waals surface area contributed by atoms with E-state index in [0.717, 1.165) is 60.5 Å². The minimum absolute atomic E-state index is 0.101. The van der Waals surface area contributed by atoms with Crippen molar-refractivity contribution in [3.8, 4) is 5.75 Å². The second-order valence-corrected chi connectivity index (χ2v) is 8.65. The van der Waals surface area contributed by atoms with E-state index in [1.807, 2.05) is 60.7 Å². The first-order chi connectivity index (χ1) is 16.0. The molecule has 7 heteroatoms. The van der Waals surface area contributed by atoms with Crippen molar-refractivity contribution in [2.24, 2.45) is 0 Å². The monoisotopic (exact) mass is 445 g/mol. The predicted molar refractivity (Wildman–Crippen MR) is 132 cm³/mol. The molecule has 172 valence electrons. The number of rotatable bonds is 7. The fraction of sp³-hybridized carbons (Fsp3) is 0.346. The number of carbonyl (C=O) groups is 1. The third-order valence-corrected chi connectivity index (χ3v) is 5.45. The molecule has 2 aromatic carbocycles. The standard InChI is InChI=1S/C26H31N5O2/c1-18(2)26-29-24(28-21-10-7-9-20(15-21)27-19(3)32)16-25(30-26)31-14-8-13-23(17-31)33-22-11-5-4-6-12-22/h4-7,9-12,15-16,18,23H,8,13-14,17H2,1-3H3,(H,27,32)(H,28,29,30). The molecule has 1 saturated heterocycles. The van der Waals surface area contributed by atoms with Gasteiger partial charge in [-0.05, 0) is 43.2 Å². The summed E-state index contributed by atoms with van der Waals surface area (Å²) in [7, 11) is 0. The summed E-state index contributed by atoms with van der Waals surface area (Å²) in [6.07, 6.45) is 2.18. The van der Waals surface area contributed by atoms with E-state index in [1.165, 1.54) is 6.92 Å². The van der Waals surface area contributed by atoms with Gasteiger partial charge < -0.3 is 20.3 Å². The van der Waals surface area contributed by atoms with E-state index in [4.69, 9.17) is 14.7 Å². The minimum atomic E-state index is -0.101. The average molecular weight is 446 g/mol. The number of aromatic nitrogens is 2. The SMILES string of the molecule is CC(=O)Nc1cccc(Nc2cc(N3CCCC(Oc4ccccc4)C3)nc(C(C)C)n2)c1. The van der Waals surface area contributed by atoms with E-state index in [2.05, 4.69) is 29.4 Å². The van der Waals surface area contributed by atoms with Crippen LogP contribution in [0.15, 0.2) is 60.7 Å². The molecule has 3 aromatic rings. The fourth-order valence-corrected chi connectivity index (χ4v) is 3.90. The number of benzene rings is 2. The summed E-state index contributed by atoms with van der Waals surface area (Å²) < 4.78 is 6.22. The molecule has 0 saturated carbocycles. The Morgan fingerprint density at radius 3 is 2.61 bits per heavy atom. The Kier molecular flexibility index (Phi) is 7.07. The number of ether oxygens (including phenoxy) is 1. The summed E-state index contributed by atoms with van der Waals surface area (Å²) in [4.78, 5) is 23.3. The van der Waals surface area contributed by atoms with Crippen molar-refractivity contribution in [3.63, 3.8) is 0 Å². The second kappa shape index (κ2) is 10.3. The highest BCUT2D eigenvalue weighted by Crippen LogP contribution is 2.27. The van der Waals surface area contributed by atoms with Crippen molar-refractivity contribution in [1.82, 2.24) is 9.97 Å².